The maximum absolute atomic E-state index is 12.7. The molecule has 2 atom stereocenters. The Balaban J connectivity index is 1.67. The van der Waals surface area contributed by atoms with Crippen LogP contribution in [0.1, 0.15) is 25.3 Å². The second-order valence-corrected chi connectivity index (χ2v) is 6.52. The van der Waals surface area contributed by atoms with Crippen LogP contribution in [0.3, 0.4) is 0 Å². The highest BCUT2D eigenvalue weighted by molar-refractivity contribution is 6.00. The van der Waals surface area contributed by atoms with Crippen LogP contribution in [0.5, 0.6) is 0 Å². The molecule has 0 aromatic heterocycles. The Morgan fingerprint density at radius 3 is 2.70 bits per heavy atom. The van der Waals surface area contributed by atoms with Gasteiger partial charge in [-0.15, -0.1) is 0 Å². The van der Waals surface area contributed by atoms with E-state index in [1.54, 1.807) is 4.90 Å². The Hall–Kier alpha value is -1.88. The third-order valence-electron chi connectivity index (χ3n) is 5.06. The van der Waals surface area contributed by atoms with E-state index in [9.17, 15) is 9.59 Å². The van der Waals surface area contributed by atoms with E-state index in [0.717, 1.165) is 31.6 Å². The molecule has 2 aliphatic rings. The highest BCUT2D eigenvalue weighted by atomic mass is 16.2. The molecule has 23 heavy (non-hydrogen) atoms. The number of hydrogen-bond acceptors (Lipinski definition) is 3. The molecule has 124 valence electrons. The summed E-state index contributed by atoms with van der Waals surface area (Å²) in [5, 5.41) is 3.28. The van der Waals surface area contributed by atoms with E-state index in [2.05, 4.69) is 12.2 Å². The summed E-state index contributed by atoms with van der Waals surface area (Å²) < 4.78 is 0. The number of nitrogens with one attached hydrogen (secondary N) is 1. The molecular formula is C18H25N3O2. The minimum Gasteiger partial charge on any atom is -0.341 e. The average molecular weight is 315 g/mol. The topological polar surface area (TPSA) is 52.7 Å². The Morgan fingerprint density at radius 1 is 1.35 bits per heavy atom. The van der Waals surface area contributed by atoms with Gasteiger partial charge in [0.15, 0.2) is 0 Å². The van der Waals surface area contributed by atoms with Crippen LogP contribution < -0.4 is 10.2 Å². The van der Waals surface area contributed by atoms with E-state index in [1.165, 1.54) is 5.56 Å². The van der Waals surface area contributed by atoms with Crippen LogP contribution in [0.2, 0.25) is 0 Å². The van der Waals surface area contributed by atoms with Gasteiger partial charge in [0.25, 0.3) is 0 Å². The minimum atomic E-state index is -0.223. The predicted octanol–water partition coefficient (Wildman–Crippen LogP) is 1.42. The van der Waals surface area contributed by atoms with Gasteiger partial charge in [-0.3, -0.25) is 9.59 Å². The number of hydrogen-bond donors (Lipinski definition) is 1. The first kappa shape index (κ1) is 16.0. The fourth-order valence-electron chi connectivity index (χ4n) is 3.47. The lowest BCUT2D eigenvalue weighted by atomic mass is 10.1. The third-order valence-corrected chi connectivity index (χ3v) is 5.06. The van der Waals surface area contributed by atoms with Crippen molar-refractivity contribution in [2.24, 2.45) is 5.92 Å². The Kier molecular flexibility index (Phi) is 4.66. The molecule has 2 aliphatic heterocycles. The standard InChI is InChI=1S/C18H25N3O2/c1-3-13-4-6-15(7-5-13)21-12-14(10-17(21)22)18(23)20(2)16-8-9-19-11-16/h4-7,14,16,19H,3,8-12H2,1-2H3. The lowest BCUT2D eigenvalue weighted by Gasteiger charge is -2.26. The minimum absolute atomic E-state index is 0.0468. The van der Waals surface area contributed by atoms with Gasteiger partial charge in [0, 0.05) is 38.3 Å². The van der Waals surface area contributed by atoms with Crippen molar-refractivity contribution in [3.05, 3.63) is 29.8 Å². The summed E-state index contributed by atoms with van der Waals surface area (Å²) in [5.74, 6) is -0.0794. The zero-order valence-corrected chi connectivity index (χ0v) is 13.9. The molecule has 2 heterocycles. The van der Waals surface area contributed by atoms with Gasteiger partial charge in [0.2, 0.25) is 11.8 Å². The molecule has 1 aromatic rings. The highest BCUT2D eigenvalue weighted by Gasteiger charge is 2.38. The van der Waals surface area contributed by atoms with E-state index >= 15 is 0 Å². The molecule has 1 aromatic carbocycles. The molecule has 0 aliphatic carbocycles. The first-order chi connectivity index (χ1) is 11.1. The quantitative estimate of drug-likeness (QED) is 0.914. The predicted molar refractivity (Wildman–Crippen MR) is 90.3 cm³/mol. The zero-order valence-electron chi connectivity index (χ0n) is 13.9. The number of nitrogens with zero attached hydrogens (tertiary/aromatic N) is 2. The normalized spacial score (nSPS) is 24.3. The molecule has 5 nitrogen and oxygen atoms in total. The second kappa shape index (κ2) is 6.71. The number of likely N-dealkylation sites (N-methyl/N-ethyl adjacent to an activating group) is 1. The molecule has 5 heteroatoms. The van der Waals surface area contributed by atoms with Gasteiger partial charge in [-0.25, -0.2) is 0 Å². The van der Waals surface area contributed by atoms with Gasteiger partial charge in [0.1, 0.15) is 0 Å². The molecule has 0 spiro atoms. The summed E-state index contributed by atoms with van der Waals surface area (Å²) in [5.41, 5.74) is 2.15. The molecule has 0 radical (unpaired) electrons. The van der Waals surface area contributed by atoms with Gasteiger partial charge in [0.05, 0.1) is 5.92 Å². The van der Waals surface area contributed by atoms with Crippen LogP contribution in [0.15, 0.2) is 24.3 Å². The van der Waals surface area contributed by atoms with Crippen LogP contribution >= 0.6 is 0 Å². The van der Waals surface area contributed by atoms with E-state index < -0.39 is 0 Å². The summed E-state index contributed by atoms with van der Waals surface area (Å²) in [6.07, 6.45) is 2.29. The summed E-state index contributed by atoms with van der Waals surface area (Å²) in [7, 11) is 1.86. The maximum atomic E-state index is 12.7. The van der Waals surface area contributed by atoms with Crippen LogP contribution in [0, 0.1) is 5.92 Å². The number of anilines is 1. The maximum Gasteiger partial charge on any atom is 0.228 e. The van der Waals surface area contributed by atoms with Gasteiger partial charge in [-0.2, -0.15) is 0 Å². The first-order valence-corrected chi connectivity index (χ1v) is 8.47. The molecule has 0 bridgehead atoms. The van der Waals surface area contributed by atoms with Crippen LogP contribution in [-0.2, 0) is 16.0 Å². The van der Waals surface area contributed by atoms with Crippen molar-refractivity contribution in [3.8, 4) is 0 Å². The van der Waals surface area contributed by atoms with Crippen molar-refractivity contribution in [3.63, 3.8) is 0 Å². The lowest BCUT2D eigenvalue weighted by molar-refractivity contribution is -0.136. The van der Waals surface area contributed by atoms with Gasteiger partial charge >= 0.3 is 0 Å². The van der Waals surface area contributed by atoms with Crippen molar-refractivity contribution >= 4 is 17.5 Å². The highest BCUT2D eigenvalue weighted by Crippen LogP contribution is 2.27. The van der Waals surface area contributed by atoms with Gasteiger partial charge < -0.3 is 15.1 Å². The van der Waals surface area contributed by atoms with E-state index in [1.807, 2.05) is 36.2 Å². The van der Waals surface area contributed by atoms with E-state index in [0.29, 0.717) is 13.0 Å². The zero-order chi connectivity index (χ0) is 16.4. The van der Waals surface area contributed by atoms with Crippen LogP contribution in [0.25, 0.3) is 0 Å². The van der Waals surface area contributed by atoms with E-state index in [-0.39, 0.29) is 23.8 Å². The Morgan fingerprint density at radius 2 is 2.09 bits per heavy atom. The van der Waals surface area contributed by atoms with Crippen molar-refractivity contribution in [1.82, 2.24) is 10.2 Å². The Bertz CT molecular complexity index is 578. The Labute approximate surface area is 137 Å². The SMILES string of the molecule is CCc1ccc(N2CC(C(=O)N(C)C3CCNC3)CC2=O)cc1. The molecule has 2 amide bonds. The molecule has 2 saturated heterocycles. The third kappa shape index (κ3) is 3.24. The fraction of sp³-hybridized carbons (Fsp3) is 0.556. The number of carbonyl (C=O) groups is 2. The van der Waals surface area contributed by atoms with Gasteiger partial charge in [-0.1, -0.05) is 19.1 Å². The average Bonchev–Trinajstić information content (AvgIpc) is 3.23. The van der Waals surface area contributed by atoms with Crippen molar-refractivity contribution in [2.75, 3.05) is 31.6 Å². The summed E-state index contributed by atoms with van der Waals surface area (Å²) >= 11 is 0. The smallest absolute Gasteiger partial charge is 0.228 e. The summed E-state index contributed by atoms with van der Waals surface area (Å²) in [6, 6.07) is 8.32. The molecular weight excluding hydrogens is 290 g/mol. The largest absolute Gasteiger partial charge is 0.341 e. The lowest BCUT2D eigenvalue weighted by Crippen LogP contribution is -2.42. The van der Waals surface area contributed by atoms with Crippen molar-refractivity contribution in [2.45, 2.75) is 32.2 Å². The van der Waals surface area contributed by atoms with Crippen LogP contribution in [0.4, 0.5) is 5.69 Å². The van der Waals surface area contributed by atoms with Gasteiger partial charge in [-0.05, 0) is 37.1 Å². The molecule has 2 fully saturated rings. The second-order valence-electron chi connectivity index (χ2n) is 6.52. The number of aryl methyl sites for hydroxylation is 1. The number of rotatable bonds is 4. The number of amides is 2. The van der Waals surface area contributed by atoms with E-state index in [4.69, 9.17) is 0 Å². The fourth-order valence-corrected chi connectivity index (χ4v) is 3.47. The van der Waals surface area contributed by atoms with Crippen LogP contribution in [-0.4, -0.2) is 49.4 Å². The number of benzene rings is 1. The van der Waals surface area contributed by atoms with Crippen molar-refractivity contribution < 1.29 is 9.59 Å². The molecule has 0 saturated carbocycles. The molecule has 3 rings (SSSR count). The number of carbonyl (C=O) groups excluding carboxylic acids is 2. The first-order valence-electron chi connectivity index (χ1n) is 8.47. The van der Waals surface area contributed by atoms with Crippen molar-refractivity contribution in [1.29, 1.82) is 0 Å². The molecule has 1 N–H and O–H groups in total. The summed E-state index contributed by atoms with van der Waals surface area (Å²) in [6.45, 7) is 4.42. The monoisotopic (exact) mass is 315 g/mol. The summed E-state index contributed by atoms with van der Waals surface area (Å²) in [4.78, 5) is 28.6. The molecule has 2 unspecified atom stereocenters.